The zero-order valence-electron chi connectivity index (χ0n) is 11.5. The fourth-order valence-electron chi connectivity index (χ4n) is 2.54. The molecule has 0 atom stereocenters. The molecule has 2 heterocycles. The number of hydrogen-bond acceptors (Lipinski definition) is 4. The van der Waals surface area contributed by atoms with Gasteiger partial charge in [0, 0.05) is 18.7 Å². The van der Waals surface area contributed by atoms with Gasteiger partial charge >= 0.3 is 0 Å². The Morgan fingerprint density at radius 3 is 2.67 bits per heavy atom. The highest BCUT2D eigenvalue weighted by atomic mass is 19.2. The number of hydrogen-bond donors (Lipinski definition) is 2. The van der Waals surface area contributed by atoms with E-state index in [-0.39, 0.29) is 0 Å². The minimum absolute atomic E-state index is 0.435. The van der Waals surface area contributed by atoms with Gasteiger partial charge in [-0.3, -0.25) is 5.10 Å². The lowest BCUT2D eigenvalue weighted by atomic mass is 9.97. The summed E-state index contributed by atoms with van der Waals surface area (Å²) in [5, 5.41) is 6.94. The largest absolute Gasteiger partial charge is 0.340 e. The maximum Gasteiger partial charge on any atom is 0.245 e. The van der Waals surface area contributed by atoms with Crippen LogP contribution in [0.3, 0.4) is 0 Å². The fourth-order valence-corrected chi connectivity index (χ4v) is 2.54. The molecule has 3 N–H and O–H groups in total. The topological polar surface area (TPSA) is 70.8 Å². The van der Waals surface area contributed by atoms with Crippen molar-refractivity contribution in [3.63, 3.8) is 0 Å². The fraction of sp³-hybridized carbons (Fsp3) is 0.429. The Morgan fingerprint density at radius 1 is 1.24 bits per heavy atom. The third-order valence-electron chi connectivity index (χ3n) is 3.90. The molecule has 2 aromatic rings. The normalized spacial score (nSPS) is 16.4. The first kappa shape index (κ1) is 13.9. The molecule has 1 fully saturated rings. The van der Waals surface area contributed by atoms with Crippen molar-refractivity contribution in [3.05, 3.63) is 29.8 Å². The number of nitrogens with one attached hydrogen (secondary N) is 1. The van der Waals surface area contributed by atoms with Crippen molar-refractivity contribution in [2.24, 2.45) is 11.7 Å². The molecule has 7 heteroatoms. The van der Waals surface area contributed by atoms with E-state index < -0.39 is 11.6 Å². The van der Waals surface area contributed by atoms with Crippen molar-refractivity contribution in [2.75, 3.05) is 24.5 Å². The van der Waals surface area contributed by atoms with E-state index in [9.17, 15) is 8.78 Å². The monoisotopic (exact) mass is 293 g/mol. The summed E-state index contributed by atoms with van der Waals surface area (Å²) in [6, 6.07) is 3.67. The van der Waals surface area contributed by atoms with E-state index in [1.54, 1.807) is 0 Å². The maximum atomic E-state index is 13.2. The van der Waals surface area contributed by atoms with Crippen LogP contribution in [0.4, 0.5) is 14.7 Å². The lowest BCUT2D eigenvalue weighted by molar-refractivity contribution is 0.411. The van der Waals surface area contributed by atoms with Gasteiger partial charge in [-0.2, -0.15) is 4.98 Å². The minimum atomic E-state index is -0.894. The van der Waals surface area contributed by atoms with E-state index in [2.05, 4.69) is 20.1 Å². The van der Waals surface area contributed by atoms with E-state index in [1.165, 1.54) is 6.07 Å². The van der Waals surface area contributed by atoms with Crippen molar-refractivity contribution >= 4 is 5.95 Å². The van der Waals surface area contributed by atoms with E-state index in [0.717, 1.165) is 38.1 Å². The number of benzene rings is 1. The number of aromatic amines is 1. The van der Waals surface area contributed by atoms with Crippen LogP contribution in [-0.4, -0.2) is 34.8 Å². The van der Waals surface area contributed by atoms with Gasteiger partial charge in [-0.25, -0.2) is 8.78 Å². The van der Waals surface area contributed by atoms with Gasteiger partial charge in [-0.15, -0.1) is 5.10 Å². The molecule has 1 aromatic carbocycles. The van der Waals surface area contributed by atoms with Gasteiger partial charge in [0.25, 0.3) is 0 Å². The molecule has 1 aliphatic rings. The van der Waals surface area contributed by atoms with Crippen molar-refractivity contribution in [2.45, 2.75) is 12.8 Å². The number of anilines is 1. The van der Waals surface area contributed by atoms with Gasteiger partial charge in [0.1, 0.15) is 0 Å². The Balaban J connectivity index is 1.76. The van der Waals surface area contributed by atoms with Crippen molar-refractivity contribution in [1.29, 1.82) is 0 Å². The first-order valence-electron chi connectivity index (χ1n) is 7.00. The highest BCUT2D eigenvalue weighted by Crippen LogP contribution is 2.23. The van der Waals surface area contributed by atoms with Crippen LogP contribution < -0.4 is 10.6 Å². The molecule has 0 spiro atoms. The molecule has 0 radical (unpaired) electrons. The van der Waals surface area contributed by atoms with Crippen LogP contribution in [0.15, 0.2) is 18.2 Å². The lowest BCUT2D eigenvalue weighted by Gasteiger charge is -2.30. The molecule has 0 saturated carbocycles. The number of rotatable bonds is 3. The van der Waals surface area contributed by atoms with E-state index in [1.807, 2.05) is 0 Å². The summed E-state index contributed by atoms with van der Waals surface area (Å²) in [5.74, 6) is -0.183. The highest BCUT2D eigenvalue weighted by molar-refractivity contribution is 5.56. The molecule has 112 valence electrons. The molecular weight excluding hydrogens is 276 g/mol. The second-order valence-electron chi connectivity index (χ2n) is 5.28. The van der Waals surface area contributed by atoms with Gasteiger partial charge in [0.05, 0.1) is 0 Å². The second-order valence-corrected chi connectivity index (χ2v) is 5.28. The summed E-state index contributed by atoms with van der Waals surface area (Å²) in [6.07, 6.45) is 2.04. The number of halogens is 2. The molecular formula is C14H17F2N5. The maximum absolute atomic E-state index is 13.2. The molecule has 1 aliphatic heterocycles. The molecule has 1 saturated heterocycles. The molecule has 0 bridgehead atoms. The van der Waals surface area contributed by atoms with Gasteiger partial charge in [-0.1, -0.05) is 0 Å². The van der Waals surface area contributed by atoms with Crippen LogP contribution >= 0.6 is 0 Å². The number of H-pyrrole nitrogens is 1. The third-order valence-corrected chi connectivity index (χ3v) is 3.90. The van der Waals surface area contributed by atoms with Crippen molar-refractivity contribution in [1.82, 2.24) is 15.2 Å². The van der Waals surface area contributed by atoms with Gasteiger partial charge in [0.15, 0.2) is 17.5 Å². The summed E-state index contributed by atoms with van der Waals surface area (Å²) >= 11 is 0. The van der Waals surface area contributed by atoms with E-state index in [4.69, 9.17) is 5.73 Å². The molecule has 0 unspecified atom stereocenters. The summed E-state index contributed by atoms with van der Waals surface area (Å²) in [5.41, 5.74) is 6.15. The summed E-state index contributed by atoms with van der Waals surface area (Å²) < 4.78 is 26.2. The predicted molar refractivity (Wildman–Crippen MR) is 75.7 cm³/mol. The third kappa shape index (κ3) is 2.87. The Labute approximate surface area is 121 Å². The average molecular weight is 293 g/mol. The SMILES string of the molecule is NCC1CCN(c2n[nH]c(-c3ccc(F)c(F)c3)n2)CC1. The summed E-state index contributed by atoms with van der Waals surface area (Å²) in [4.78, 5) is 6.44. The first-order chi connectivity index (χ1) is 10.2. The predicted octanol–water partition coefficient (Wildman–Crippen LogP) is 1.92. The molecule has 3 rings (SSSR count). The summed E-state index contributed by atoms with van der Waals surface area (Å²) in [6.45, 7) is 2.43. The van der Waals surface area contributed by atoms with Gasteiger partial charge in [0.2, 0.25) is 5.95 Å². The Kier molecular flexibility index (Phi) is 3.83. The Morgan fingerprint density at radius 2 is 2.00 bits per heavy atom. The number of nitrogens with zero attached hydrogens (tertiary/aromatic N) is 3. The molecule has 0 amide bonds. The average Bonchev–Trinajstić information content (AvgIpc) is 3.00. The Hall–Kier alpha value is -2.02. The Bertz CT molecular complexity index is 620. The lowest BCUT2D eigenvalue weighted by Crippen LogP contribution is -2.36. The van der Waals surface area contributed by atoms with Crippen LogP contribution in [0.2, 0.25) is 0 Å². The molecule has 21 heavy (non-hydrogen) atoms. The smallest absolute Gasteiger partial charge is 0.245 e. The van der Waals surface area contributed by atoms with Crippen LogP contribution in [0.5, 0.6) is 0 Å². The molecule has 1 aromatic heterocycles. The van der Waals surface area contributed by atoms with E-state index >= 15 is 0 Å². The first-order valence-corrected chi connectivity index (χ1v) is 7.00. The van der Waals surface area contributed by atoms with Gasteiger partial charge in [-0.05, 0) is 43.5 Å². The summed E-state index contributed by atoms with van der Waals surface area (Å²) in [7, 11) is 0. The van der Waals surface area contributed by atoms with Crippen LogP contribution in [0.25, 0.3) is 11.4 Å². The standard InChI is InChI=1S/C14H17F2N5/c15-11-2-1-10(7-12(11)16)13-18-14(20-19-13)21-5-3-9(8-17)4-6-21/h1-2,7,9H,3-6,8,17H2,(H,18,19,20). The molecule has 0 aliphatic carbocycles. The van der Waals surface area contributed by atoms with Crippen LogP contribution in [-0.2, 0) is 0 Å². The number of aromatic nitrogens is 3. The van der Waals surface area contributed by atoms with Gasteiger partial charge < -0.3 is 10.6 Å². The minimum Gasteiger partial charge on any atom is -0.340 e. The van der Waals surface area contributed by atoms with Crippen LogP contribution in [0, 0.1) is 17.6 Å². The zero-order valence-corrected chi connectivity index (χ0v) is 11.5. The highest BCUT2D eigenvalue weighted by Gasteiger charge is 2.21. The quantitative estimate of drug-likeness (QED) is 0.907. The zero-order chi connectivity index (χ0) is 14.8. The molecule has 5 nitrogen and oxygen atoms in total. The second kappa shape index (κ2) is 5.77. The number of piperidine rings is 1. The van der Waals surface area contributed by atoms with Crippen molar-refractivity contribution < 1.29 is 8.78 Å². The van der Waals surface area contributed by atoms with E-state index in [0.29, 0.717) is 29.8 Å². The van der Waals surface area contributed by atoms with Crippen molar-refractivity contribution in [3.8, 4) is 11.4 Å². The van der Waals surface area contributed by atoms with Crippen LogP contribution in [0.1, 0.15) is 12.8 Å². The number of nitrogens with two attached hydrogens (primary N) is 1.